The topological polar surface area (TPSA) is 123 Å². The van der Waals surface area contributed by atoms with Gasteiger partial charge in [-0.05, 0) is 67.1 Å². The molecular formula is C35H33N9O2. The number of aromatic nitrogens is 5. The summed E-state index contributed by atoms with van der Waals surface area (Å²) in [4.78, 5) is 45.8. The van der Waals surface area contributed by atoms with Gasteiger partial charge in [-0.2, -0.15) is 5.10 Å². The zero-order valence-electron chi connectivity index (χ0n) is 25.3. The zero-order chi connectivity index (χ0) is 31.5. The van der Waals surface area contributed by atoms with Crippen LogP contribution in [0.15, 0.2) is 85.5 Å². The first-order valence-electron chi connectivity index (χ1n) is 15.3. The van der Waals surface area contributed by atoms with Crippen molar-refractivity contribution < 1.29 is 9.59 Å². The molecule has 0 saturated carbocycles. The third-order valence-electron chi connectivity index (χ3n) is 8.88. The van der Waals surface area contributed by atoms with Gasteiger partial charge in [-0.1, -0.05) is 5.92 Å². The molecule has 1 unspecified atom stereocenters. The van der Waals surface area contributed by atoms with Crippen LogP contribution in [0.4, 0.5) is 11.4 Å². The summed E-state index contributed by atoms with van der Waals surface area (Å²) >= 11 is 0. The van der Waals surface area contributed by atoms with Crippen LogP contribution in [0.3, 0.4) is 0 Å². The molecule has 2 aliphatic rings. The number of terminal acetylenes is 1. The number of piperazine rings is 1. The number of aromatic amines is 1. The zero-order valence-corrected chi connectivity index (χ0v) is 25.3. The maximum atomic E-state index is 13.6. The quantitative estimate of drug-likeness (QED) is 0.267. The van der Waals surface area contributed by atoms with Crippen LogP contribution in [0.25, 0.3) is 33.5 Å². The molecule has 2 N–H and O–H groups in total. The van der Waals surface area contributed by atoms with E-state index >= 15 is 0 Å². The van der Waals surface area contributed by atoms with Crippen molar-refractivity contribution in [2.75, 3.05) is 56.0 Å². The Balaban J connectivity index is 0.940. The van der Waals surface area contributed by atoms with Gasteiger partial charge in [0.2, 0.25) is 11.8 Å². The number of carbonyl (C=O) groups excluding carboxylic acids is 2. The number of amides is 2. The summed E-state index contributed by atoms with van der Waals surface area (Å²) in [6, 6.07) is 19.4. The smallest absolute Gasteiger partial charge is 0.244 e. The lowest BCUT2D eigenvalue weighted by Crippen LogP contribution is -2.51. The average molecular weight is 612 g/mol. The van der Waals surface area contributed by atoms with Crippen molar-refractivity contribution in [2.45, 2.75) is 6.42 Å². The van der Waals surface area contributed by atoms with Gasteiger partial charge in [0.05, 0.1) is 12.1 Å². The Morgan fingerprint density at radius 3 is 2.41 bits per heavy atom. The van der Waals surface area contributed by atoms with Crippen LogP contribution in [0.5, 0.6) is 0 Å². The normalized spacial score (nSPS) is 18.4. The number of hydrogen-bond donors (Lipinski definition) is 2. The second-order valence-corrected chi connectivity index (χ2v) is 11.7. The van der Waals surface area contributed by atoms with Crippen molar-refractivity contribution in [1.82, 2.24) is 34.9 Å². The fraction of sp³-hybridized carbons (Fsp3) is 0.257. The van der Waals surface area contributed by atoms with Gasteiger partial charge in [0.15, 0.2) is 5.82 Å². The van der Waals surface area contributed by atoms with E-state index in [1.54, 1.807) is 30.9 Å². The highest BCUT2D eigenvalue weighted by atomic mass is 16.2. The maximum Gasteiger partial charge on any atom is 0.244 e. The minimum absolute atomic E-state index is 0.0542. The number of pyridine rings is 1. The summed E-state index contributed by atoms with van der Waals surface area (Å²) in [5.41, 5.74) is 4.26. The van der Waals surface area contributed by atoms with Crippen molar-refractivity contribution in [3.63, 3.8) is 0 Å². The molecular weight excluding hydrogens is 578 g/mol. The molecule has 230 valence electrons. The molecule has 0 spiro atoms. The highest BCUT2D eigenvalue weighted by molar-refractivity contribution is 6.01. The van der Waals surface area contributed by atoms with Crippen LogP contribution >= 0.6 is 0 Å². The van der Waals surface area contributed by atoms with Gasteiger partial charge in [0.25, 0.3) is 0 Å². The first-order chi connectivity index (χ1) is 22.5. The Kier molecular flexibility index (Phi) is 7.86. The second kappa shape index (κ2) is 12.4. The largest absolute Gasteiger partial charge is 0.368 e. The number of hydrogen-bond acceptors (Lipinski definition) is 8. The van der Waals surface area contributed by atoms with Gasteiger partial charge in [0.1, 0.15) is 11.1 Å². The minimum Gasteiger partial charge on any atom is -0.368 e. The summed E-state index contributed by atoms with van der Waals surface area (Å²) in [7, 11) is 0. The number of benzene rings is 2. The van der Waals surface area contributed by atoms with Gasteiger partial charge in [-0.3, -0.25) is 24.6 Å². The van der Waals surface area contributed by atoms with Crippen LogP contribution in [0, 0.1) is 17.8 Å². The molecule has 0 aliphatic carbocycles. The van der Waals surface area contributed by atoms with Crippen molar-refractivity contribution in [3.8, 4) is 35.0 Å². The summed E-state index contributed by atoms with van der Waals surface area (Å²) in [5.74, 6) is 3.28. The lowest BCUT2D eigenvalue weighted by Gasteiger charge is -2.37. The van der Waals surface area contributed by atoms with Gasteiger partial charge >= 0.3 is 0 Å². The van der Waals surface area contributed by atoms with E-state index in [1.165, 1.54) is 0 Å². The minimum atomic E-state index is -1.02. The lowest BCUT2D eigenvalue weighted by atomic mass is 9.87. The Morgan fingerprint density at radius 2 is 1.67 bits per heavy atom. The van der Waals surface area contributed by atoms with Crippen molar-refractivity contribution in [3.05, 3.63) is 85.5 Å². The van der Waals surface area contributed by atoms with Crippen LogP contribution in [-0.2, 0) is 9.59 Å². The molecule has 5 heterocycles. The molecule has 0 radical (unpaired) electrons. The summed E-state index contributed by atoms with van der Waals surface area (Å²) in [5, 5.41) is 11.4. The molecule has 3 aromatic heterocycles. The van der Waals surface area contributed by atoms with Crippen molar-refractivity contribution in [1.29, 1.82) is 0 Å². The lowest BCUT2D eigenvalue weighted by molar-refractivity contribution is -0.133. The summed E-state index contributed by atoms with van der Waals surface area (Å²) in [6.07, 6.45) is 13.4. The fourth-order valence-electron chi connectivity index (χ4n) is 6.24. The van der Waals surface area contributed by atoms with Gasteiger partial charge in [-0.15, -0.1) is 6.42 Å². The Morgan fingerprint density at radius 1 is 0.913 bits per heavy atom. The number of nitrogens with zero attached hydrogens (tertiary/aromatic N) is 7. The van der Waals surface area contributed by atoms with E-state index in [0.29, 0.717) is 44.1 Å². The van der Waals surface area contributed by atoms with Crippen LogP contribution in [0.2, 0.25) is 0 Å². The SMILES string of the molecule is C#CC1(C(=O)Nc2ccc3[nH]nc(-c4ccncc4)c3c2)CCN(CC(=O)N2CCN(c3ccc(-c4ncccn4)cc3)CC2)C1. The number of nitrogens with one attached hydrogen (secondary N) is 2. The molecule has 1 atom stereocenters. The first-order valence-corrected chi connectivity index (χ1v) is 15.3. The van der Waals surface area contributed by atoms with E-state index < -0.39 is 5.41 Å². The Bertz CT molecular complexity index is 1900. The van der Waals surface area contributed by atoms with Gasteiger partial charge in [-0.25, -0.2) is 9.97 Å². The third kappa shape index (κ3) is 5.78. The molecule has 46 heavy (non-hydrogen) atoms. The van der Waals surface area contributed by atoms with Gasteiger partial charge in [0, 0.05) is 91.9 Å². The number of likely N-dealkylation sites (tertiary alicyclic amines) is 1. The molecule has 2 aliphatic heterocycles. The molecule has 7 rings (SSSR count). The molecule has 5 aromatic rings. The molecule has 2 amide bonds. The van der Waals surface area contributed by atoms with Crippen LogP contribution in [0.1, 0.15) is 6.42 Å². The molecule has 11 heteroatoms. The average Bonchev–Trinajstić information content (AvgIpc) is 3.74. The van der Waals surface area contributed by atoms with Crippen molar-refractivity contribution >= 4 is 34.1 Å². The van der Waals surface area contributed by atoms with E-state index in [9.17, 15) is 9.59 Å². The molecule has 11 nitrogen and oxygen atoms in total. The van der Waals surface area contributed by atoms with Crippen LogP contribution < -0.4 is 10.2 Å². The molecule has 2 aromatic carbocycles. The van der Waals surface area contributed by atoms with E-state index in [4.69, 9.17) is 6.42 Å². The predicted octanol–water partition coefficient (Wildman–Crippen LogP) is 3.69. The number of rotatable bonds is 7. The number of fused-ring (bicyclic) bond motifs is 1. The van der Waals surface area contributed by atoms with E-state index in [-0.39, 0.29) is 18.4 Å². The number of anilines is 2. The highest BCUT2D eigenvalue weighted by Crippen LogP contribution is 2.33. The maximum absolute atomic E-state index is 13.6. The van der Waals surface area contributed by atoms with E-state index in [1.807, 2.05) is 52.3 Å². The summed E-state index contributed by atoms with van der Waals surface area (Å²) in [6.45, 7) is 3.90. The monoisotopic (exact) mass is 611 g/mol. The Labute approximate surface area is 266 Å². The number of H-pyrrole nitrogens is 1. The van der Waals surface area contributed by atoms with E-state index in [0.717, 1.165) is 46.5 Å². The highest BCUT2D eigenvalue weighted by Gasteiger charge is 2.44. The third-order valence-corrected chi connectivity index (χ3v) is 8.88. The van der Waals surface area contributed by atoms with Crippen molar-refractivity contribution in [2.24, 2.45) is 5.41 Å². The molecule has 2 saturated heterocycles. The first kappa shape index (κ1) is 29.1. The second-order valence-electron chi connectivity index (χ2n) is 11.7. The predicted molar refractivity (Wildman–Crippen MR) is 177 cm³/mol. The molecule has 0 bridgehead atoms. The molecule has 2 fully saturated rings. The fourth-order valence-corrected chi connectivity index (χ4v) is 6.24. The van der Waals surface area contributed by atoms with Gasteiger partial charge < -0.3 is 15.1 Å². The van der Waals surface area contributed by atoms with E-state index in [2.05, 4.69) is 53.4 Å². The standard InChI is InChI=1S/C35H33N9O2/c1-2-35(34(46)39-27-6-9-30-29(22-27)32(41-40-30)25-10-15-36-16-11-25)12-17-42(24-35)23-31(45)44-20-18-43(19-21-44)28-7-4-26(5-8-28)33-37-13-3-14-38-33/h1,3-11,13-16,22H,12,17-21,23-24H2,(H,39,46)(H,40,41). The Hall–Kier alpha value is -5.60. The summed E-state index contributed by atoms with van der Waals surface area (Å²) < 4.78 is 0. The number of carbonyl (C=O) groups is 2. The van der Waals surface area contributed by atoms with Crippen LogP contribution in [-0.4, -0.2) is 92.6 Å².